The number of para-hydroxylation sites is 1. The Balaban J connectivity index is 1.96. The minimum absolute atomic E-state index is 0.107. The normalized spacial score (nSPS) is 15.1. The fourth-order valence-corrected chi connectivity index (χ4v) is 5.97. The average molecular weight is 630 g/mol. The number of halogens is 1. The maximum atomic E-state index is 14.1. The fraction of sp³-hybridized carbons (Fsp3) is 0.367. The molecule has 10 heteroatoms. The summed E-state index contributed by atoms with van der Waals surface area (Å²) in [5.74, 6) is 1.28. The highest BCUT2D eigenvalue weighted by Gasteiger charge is 2.35. The minimum Gasteiger partial charge on any atom is -0.491 e. The number of thiazole rings is 1. The van der Waals surface area contributed by atoms with E-state index >= 15 is 0 Å². The third-order valence-corrected chi connectivity index (χ3v) is 7.71. The number of nitrogens with zero attached hydrogens (tertiary/aromatic N) is 2. The molecule has 0 radical (unpaired) electrons. The molecule has 0 spiro atoms. The quantitative estimate of drug-likeness (QED) is 0.289. The summed E-state index contributed by atoms with van der Waals surface area (Å²) in [5, 5.41) is 0. The van der Waals surface area contributed by atoms with Crippen molar-refractivity contribution in [3.05, 3.63) is 83.0 Å². The third-order valence-electron chi connectivity index (χ3n) is 6.04. The van der Waals surface area contributed by atoms with Crippen molar-refractivity contribution in [2.45, 2.75) is 53.7 Å². The first-order valence-corrected chi connectivity index (χ1v) is 14.8. The van der Waals surface area contributed by atoms with Gasteiger partial charge in [-0.1, -0.05) is 45.5 Å². The molecule has 4 rings (SSSR count). The van der Waals surface area contributed by atoms with E-state index in [1.807, 2.05) is 64.1 Å². The van der Waals surface area contributed by atoms with Crippen LogP contribution >= 0.6 is 27.3 Å². The van der Waals surface area contributed by atoms with Gasteiger partial charge in [0.2, 0.25) is 0 Å². The van der Waals surface area contributed by atoms with E-state index in [0.717, 1.165) is 10.0 Å². The summed E-state index contributed by atoms with van der Waals surface area (Å²) in [7, 11) is 0. The summed E-state index contributed by atoms with van der Waals surface area (Å²) in [5.41, 5.74) is 1.96. The molecule has 0 saturated carbocycles. The van der Waals surface area contributed by atoms with Crippen LogP contribution in [0.2, 0.25) is 0 Å². The van der Waals surface area contributed by atoms with Crippen LogP contribution in [0.25, 0.3) is 6.08 Å². The second-order valence-electron chi connectivity index (χ2n) is 9.19. The summed E-state index contributed by atoms with van der Waals surface area (Å²) in [4.78, 5) is 32.5. The zero-order valence-corrected chi connectivity index (χ0v) is 25.9. The monoisotopic (exact) mass is 628 g/mol. The number of ether oxygens (including phenoxy) is 4. The number of fused-ring (bicyclic) bond motifs is 1. The molecule has 0 bridgehead atoms. The number of allylic oxidation sites excluding steroid dienone is 1. The number of esters is 1. The van der Waals surface area contributed by atoms with E-state index in [1.165, 1.54) is 11.3 Å². The van der Waals surface area contributed by atoms with Crippen molar-refractivity contribution in [1.29, 1.82) is 0 Å². The lowest BCUT2D eigenvalue weighted by atomic mass is 9.95. The molecular formula is C30H33BrN2O6S. The molecule has 3 aromatic rings. The van der Waals surface area contributed by atoms with Gasteiger partial charge in [-0.15, -0.1) is 0 Å². The molecule has 40 heavy (non-hydrogen) atoms. The molecule has 0 amide bonds. The summed E-state index contributed by atoms with van der Waals surface area (Å²) in [6, 6.07) is 10.4. The van der Waals surface area contributed by atoms with Crippen LogP contribution in [0.1, 0.15) is 58.7 Å². The molecule has 1 aliphatic rings. The molecule has 1 aliphatic heterocycles. The van der Waals surface area contributed by atoms with E-state index in [2.05, 4.69) is 20.9 Å². The van der Waals surface area contributed by atoms with Crippen molar-refractivity contribution >= 4 is 39.3 Å². The lowest BCUT2D eigenvalue weighted by molar-refractivity contribution is -0.139. The van der Waals surface area contributed by atoms with Crippen LogP contribution in [0.5, 0.6) is 17.2 Å². The molecule has 8 nitrogen and oxygen atoms in total. The topological polar surface area (TPSA) is 88.4 Å². The first kappa shape index (κ1) is 29.6. The lowest BCUT2D eigenvalue weighted by Crippen LogP contribution is -2.40. The molecule has 2 aromatic carbocycles. The Morgan fingerprint density at radius 3 is 2.40 bits per heavy atom. The molecule has 0 unspecified atom stereocenters. The lowest BCUT2D eigenvalue weighted by Gasteiger charge is -2.26. The number of carbonyl (C=O) groups excluding carboxylic acids is 1. The van der Waals surface area contributed by atoms with Crippen molar-refractivity contribution in [3.8, 4) is 17.2 Å². The van der Waals surface area contributed by atoms with Crippen molar-refractivity contribution in [1.82, 2.24) is 4.57 Å². The molecular weight excluding hydrogens is 596 g/mol. The van der Waals surface area contributed by atoms with Crippen LogP contribution in [0.4, 0.5) is 0 Å². The Kier molecular flexibility index (Phi) is 9.52. The Morgan fingerprint density at radius 2 is 1.75 bits per heavy atom. The van der Waals surface area contributed by atoms with E-state index in [1.54, 1.807) is 24.5 Å². The van der Waals surface area contributed by atoms with Gasteiger partial charge < -0.3 is 18.9 Å². The third kappa shape index (κ3) is 6.02. The molecule has 1 atom stereocenters. The number of hydrogen-bond donors (Lipinski definition) is 0. The van der Waals surface area contributed by atoms with Crippen LogP contribution in [0, 0.1) is 0 Å². The van der Waals surface area contributed by atoms with E-state index < -0.39 is 12.0 Å². The van der Waals surface area contributed by atoms with Crippen LogP contribution < -0.4 is 29.1 Å². The smallest absolute Gasteiger partial charge is 0.338 e. The van der Waals surface area contributed by atoms with Gasteiger partial charge in [0.15, 0.2) is 16.3 Å². The largest absolute Gasteiger partial charge is 0.491 e. The van der Waals surface area contributed by atoms with Gasteiger partial charge in [-0.2, -0.15) is 0 Å². The summed E-state index contributed by atoms with van der Waals surface area (Å²) in [6.07, 6.45) is 1.69. The van der Waals surface area contributed by atoms with Gasteiger partial charge in [-0.3, -0.25) is 9.36 Å². The Labute approximate surface area is 245 Å². The van der Waals surface area contributed by atoms with Crippen LogP contribution in [-0.2, 0) is 9.53 Å². The van der Waals surface area contributed by atoms with Gasteiger partial charge in [-0.05, 0) is 71.4 Å². The Bertz CT molecular complexity index is 1620. The number of benzene rings is 2. The van der Waals surface area contributed by atoms with Gasteiger partial charge in [0.1, 0.15) is 11.8 Å². The van der Waals surface area contributed by atoms with E-state index in [4.69, 9.17) is 18.9 Å². The van der Waals surface area contributed by atoms with Gasteiger partial charge in [0.25, 0.3) is 5.56 Å². The highest BCUT2D eigenvalue weighted by Crippen LogP contribution is 2.37. The summed E-state index contributed by atoms with van der Waals surface area (Å²) < 4.78 is 25.8. The van der Waals surface area contributed by atoms with E-state index in [9.17, 15) is 9.59 Å². The SMILES string of the molecule is CCOC(=O)C1=C(C)N=c2s/c(=C/c3cc(OCC)c(OCC)cc3Br)c(=O)n2[C@@H]1c1ccccc1OC(C)C. The highest BCUT2D eigenvalue weighted by molar-refractivity contribution is 9.10. The average Bonchev–Trinajstić information content (AvgIpc) is 3.20. The summed E-state index contributed by atoms with van der Waals surface area (Å²) >= 11 is 4.87. The molecule has 1 aromatic heterocycles. The molecule has 2 heterocycles. The number of rotatable bonds is 10. The summed E-state index contributed by atoms with van der Waals surface area (Å²) in [6.45, 7) is 12.3. The first-order valence-electron chi connectivity index (χ1n) is 13.2. The van der Waals surface area contributed by atoms with Crippen LogP contribution in [-0.4, -0.2) is 36.5 Å². The van der Waals surface area contributed by atoms with Crippen LogP contribution in [0.3, 0.4) is 0 Å². The van der Waals surface area contributed by atoms with Gasteiger partial charge >= 0.3 is 5.97 Å². The van der Waals surface area contributed by atoms with E-state index in [0.29, 0.717) is 56.6 Å². The maximum absolute atomic E-state index is 14.1. The predicted molar refractivity (Wildman–Crippen MR) is 159 cm³/mol. The van der Waals surface area contributed by atoms with Crippen LogP contribution in [0.15, 0.2) is 61.9 Å². The van der Waals surface area contributed by atoms with Crippen molar-refractivity contribution in [2.75, 3.05) is 19.8 Å². The number of hydrogen-bond acceptors (Lipinski definition) is 8. The predicted octanol–water partition coefficient (Wildman–Crippen LogP) is 5.15. The maximum Gasteiger partial charge on any atom is 0.338 e. The number of aromatic nitrogens is 1. The molecule has 0 fully saturated rings. The zero-order valence-electron chi connectivity index (χ0n) is 23.4. The molecule has 0 saturated heterocycles. The molecule has 0 aliphatic carbocycles. The second-order valence-corrected chi connectivity index (χ2v) is 11.1. The van der Waals surface area contributed by atoms with Crippen molar-refractivity contribution in [3.63, 3.8) is 0 Å². The molecule has 212 valence electrons. The van der Waals surface area contributed by atoms with Crippen molar-refractivity contribution in [2.24, 2.45) is 4.99 Å². The minimum atomic E-state index is -0.768. The van der Waals surface area contributed by atoms with E-state index in [-0.39, 0.29) is 18.3 Å². The zero-order chi connectivity index (χ0) is 29.0. The standard InChI is InChI=1S/C30H33BrN2O6S/c1-7-36-23-14-19(21(31)16-24(23)37-8-2)15-25-28(34)33-27(20-12-10-11-13-22(20)39-17(4)5)26(29(35)38-9-3)18(6)32-30(33)40-25/h10-17,27H,7-9H2,1-6H3/b25-15+/t27-/m1/s1. The molecule has 0 N–H and O–H groups in total. The van der Waals surface area contributed by atoms with Gasteiger partial charge in [-0.25, -0.2) is 9.79 Å². The van der Waals surface area contributed by atoms with Crippen molar-refractivity contribution < 1.29 is 23.7 Å². The van der Waals surface area contributed by atoms with Gasteiger partial charge in [0, 0.05) is 10.0 Å². The Morgan fingerprint density at radius 1 is 1.07 bits per heavy atom. The fourth-order valence-electron chi connectivity index (χ4n) is 4.49. The Hall–Kier alpha value is -3.37. The number of carbonyl (C=O) groups is 1. The van der Waals surface area contributed by atoms with Gasteiger partial charge in [0.05, 0.1) is 41.7 Å². The highest BCUT2D eigenvalue weighted by atomic mass is 79.9. The second kappa shape index (κ2) is 12.9. The first-order chi connectivity index (χ1) is 19.2.